The van der Waals surface area contributed by atoms with Gasteiger partial charge in [-0.2, -0.15) is 5.26 Å². The summed E-state index contributed by atoms with van der Waals surface area (Å²) in [5.41, 5.74) is 10.3. The van der Waals surface area contributed by atoms with E-state index in [0.717, 1.165) is 59.6 Å². The van der Waals surface area contributed by atoms with Gasteiger partial charge >= 0.3 is 55.8 Å². The van der Waals surface area contributed by atoms with Crippen LogP contribution in [0.3, 0.4) is 0 Å². The van der Waals surface area contributed by atoms with Gasteiger partial charge in [-0.1, -0.05) is 149 Å². The second kappa shape index (κ2) is 38.2. The third-order valence-corrected chi connectivity index (χ3v) is 12.9. The van der Waals surface area contributed by atoms with E-state index in [-0.39, 0.29) is 10.6 Å². The van der Waals surface area contributed by atoms with Gasteiger partial charge in [0.05, 0.1) is 17.0 Å². The minimum absolute atomic E-state index is 0.194. The molecule has 0 aliphatic carbocycles. The maximum atomic E-state index is 10.8. The molecule has 1 heterocycles. The molecule has 5 aromatic carbocycles. The Morgan fingerprint density at radius 3 is 1.22 bits per heavy atom. The van der Waals surface area contributed by atoms with E-state index in [4.69, 9.17) is 112 Å². The number of unbranched alkanes of at least 4 members (excludes halogenated alkanes) is 6. The summed E-state index contributed by atoms with van der Waals surface area (Å²) in [5.74, 6) is 10.7. The van der Waals surface area contributed by atoms with E-state index in [1.165, 1.54) is 62.5 Å². The molecule has 0 unspecified atom stereocenters. The van der Waals surface area contributed by atoms with E-state index in [1.54, 1.807) is 18.2 Å². The van der Waals surface area contributed by atoms with E-state index in [1.807, 2.05) is 55.5 Å². The monoisotopic (exact) mass is 1450 g/mol. The fourth-order valence-electron chi connectivity index (χ4n) is 6.25. The summed E-state index contributed by atoms with van der Waals surface area (Å²) in [6.45, 7) is 10.6. The molecule has 0 fully saturated rings. The molecule has 74 heavy (non-hydrogen) atoms. The third-order valence-electron chi connectivity index (χ3n) is 9.99. The Hall–Kier alpha value is -2.47. The quantitative estimate of drug-likeness (QED) is 0.0357. The maximum absolute atomic E-state index is 10.8. The SMILES string of the molecule is C#CC#CC#C.CCCCCCc1ccc(-c2nc(-c3ccc(Br)c(C)c3)nc(-c3ccc(Br)c(C)c3)n2)cc1.CCCCCCc1ccc(C(=O)Cl)cc1.Cc1cc(C#N)ccc1Br.ClCCl.[Cl][Sb]([Cl])([Cl])([Cl])[Cl]. The van der Waals surface area contributed by atoms with Gasteiger partial charge in [0.2, 0.25) is 0 Å². The molecule has 17 heteroatoms. The van der Waals surface area contributed by atoms with Crippen molar-refractivity contribution in [2.24, 2.45) is 0 Å². The number of hydrogen-bond acceptors (Lipinski definition) is 5. The second-order valence-electron chi connectivity index (χ2n) is 15.9. The second-order valence-corrected chi connectivity index (χ2v) is 57.5. The molecule has 1 aromatic heterocycles. The zero-order valence-corrected chi connectivity index (χ0v) is 54.9. The number of aryl methyl sites for hydroxylation is 5. The van der Waals surface area contributed by atoms with Gasteiger partial charge in [0, 0.05) is 35.7 Å². The molecule has 0 radical (unpaired) electrons. The fraction of sp³-hybridized carbons (Fsp3) is 0.281. The van der Waals surface area contributed by atoms with E-state index < -0.39 is 11.7 Å². The number of terminal acetylenes is 2. The van der Waals surface area contributed by atoms with Crippen molar-refractivity contribution in [2.75, 3.05) is 5.34 Å². The normalized spacial score (nSPS) is 10.4. The van der Waals surface area contributed by atoms with E-state index >= 15 is 0 Å². The number of aromatic nitrogens is 3. The Balaban J connectivity index is 0.000000559. The van der Waals surface area contributed by atoms with Crippen LogP contribution in [0.4, 0.5) is 0 Å². The standard InChI is InChI=1S/C29H29Br2N3.C13H17ClO.C8H6BrN.C6H2.CH2Cl2.5ClH.Sb/c1-4-5-6-7-8-21-9-11-22(12-10-21)27-32-28(23-13-15-25(30)19(2)17-23)34-29(33-27)24-14-16-26(31)20(3)18-24;1-2-3-4-5-6-11-7-9-12(10-8-11)13(14)15;1-6-4-7(5-10)2-3-8(6)9;1-3-5-6-4-2;2-1-3;;;;;;/h9-18H,4-8H2,1-3H3;7-10H,2-6H2,1H3;2-4H,1H3;1-2H;1H2;5*1H;/q;;;;;;;;;;+5/p-5. The summed E-state index contributed by atoms with van der Waals surface area (Å²) in [4.78, 5) is 25.4. The minimum atomic E-state index is -4.33. The predicted octanol–water partition coefficient (Wildman–Crippen LogP) is 20.7. The van der Waals surface area contributed by atoms with Crippen LogP contribution in [-0.4, -0.2) is 37.2 Å². The van der Waals surface area contributed by atoms with Crippen LogP contribution in [-0.2, 0) is 12.8 Å². The van der Waals surface area contributed by atoms with Crippen molar-refractivity contribution in [3.63, 3.8) is 0 Å². The van der Waals surface area contributed by atoms with Crippen LogP contribution in [0.1, 0.15) is 109 Å². The predicted molar refractivity (Wildman–Crippen MR) is 334 cm³/mol. The molecular formula is C57H56Br3Cl8N4OSb. The summed E-state index contributed by atoms with van der Waals surface area (Å²) in [7, 11) is 25.2. The van der Waals surface area contributed by atoms with Crippen LogP contribution in [0.2, 0.25) is 0 Å². The molecule has 0 bridgehead atoms. The molecule has 0 saturated carbocycles. The van der Waals surface area contributed by atoms with Crippen LogP contribution in [0, 0.1) is 68.6 Å². The molecule has 0 atom stereocenters. The van der Waals surface area contributed by atoms with Crippen molar-refractivity contribution in [3.05, 3.63) is 155 Å². The number of alkyl halides is 2. The number of carbonyl (C=O) groups is 1. The number of benzene rings is 5. The molecule has 6 rings (SSSR count). The van der Waals surface area contributed by atoms with E-state index in [0.29, 0.717) is 28.6 Å². The molecule has 0 aliphatic heterocycles. The van der Waals surface area contributed by atoms with Gasteiger partial charge < -0.3 is 0 Å². The Labute approximate surface area is 499 Å². The zero-order chi connectivity index (χ0) is 55.7. The number of carbonyl (C=O) groups excluding carboxylic acids is 1. The summed E-state index contributed by atoms with van der Waals surface area (Å²) >= 11 is 21.1. The van der Waals surface area contributed by atoms with Crippen molar-refractivity contribution in [2.45, 2.75) is 98.8 Å². The van der Waals surface area contributed by atoms with Crippen molar-refractivity contribution in [1.29, 1.82) is 5.26 Å². The van der Waals surface area contributed by atoms with Crippen LogP contribution in [0.25, 0.3) is 34.2 Å². The fourth-order valence-corrected chi connectivity index (χ4v) is 7.12. The summed E-state index contributed by atoms with van der Waals surface area (Å²) in [5, 5.41) is 8.30. The Bertz CT molecular complexity index is 2780. The summed E-state index contributed by atoms with van der Waals surface area (Å²) in [6.07, 6.45) is 21.8. The van der Waals surface area contributed by atoms with Gasteiger partial charge in [0.25, 0.3) is 5.24 Å². The average molecular weight is 1460 g/mol. The first-order valence-electron chi connectivity index (χ1n) is 23.0. The first-order valence-corrected chi connectivity index (χ1v) is 42.9. The zero-order valence-electron chi connectivity index (χ0n) is 41.5. The van der Waals surface area contributed by atoms with Crippen LogP contribution >= 0.6 is 127 Å². The van der Waals surface area contributed by atoms with Crippen molar-refractivity contribution < 1.29 is 4.79 Å². The van der Waals surface area contributed by atoms with Gasteiger partial charge in [-0.05, 0) is 164 Å². The molecule has 0 amide bonds. The summed E-state index contributed by atoms with van der Waals surface area (Å²) in [6, 6.07) is 36.3. The molecule has 392 valence electrons. The first-order chi connectivity index (χ1) is 35.0. The number of halogens is 11. The first kappa shape index (κ1) is 69.5. The topological polar surface area (TPSA) is 79.5 Å². The summed E-state index contributed by atoms with van der Waals surface area (Å²) < 4.78 is 3.19. The molecule has 0 spiro atoms. The van der Waals surface area contributed by atoms with Gasteiger partial charge in [0.1, 0.15) is 0 Å². The van der Waals surface area contributed by atoms with Gasteiger partial charge in [0.15, 0.2) is 17.5 Å². The third kappa shape index (κ3) is 31.7. The van der Waals surface area contributed by atoms with Gasteiger partial charge in [-0.25, -0.2) is 15.0 Å². The van der Waals surface area contributed by atoms with Crippen molar-refractivity contribution >= 4 is 144 Å². The number of rotatable bonds is 14. The average Bonchev–Trinajstić information content (AvgIpc) is 3.36. The molecular weight excluding hydrogens is 1400 g/mol. The molecule has 0 N–H and O–H groups in total. The molecule has 6 aromatic rings. The van der Waals surface area contributed by atoms with Gasteiger partial charge in [-0.3, -0.25) is 4.79 Å². The number of nitrogens with zero attached hydrogens (tertiary/aromatic N) is 4. The van der Waals surface area contributed by atoms with E-state index in [2.05, 4.69) is 142 Å². The number of nitriles is 1. The number of hydrogen-bond donors (Lipinski definition) is 0. The van der Waals surface area contributed by atoms with E-state index in [9.17, 15) is 4.79 Å². The molecule has 0 saturated heterocycles. The van der Waals surface area contributed by atoms with Crippen molar-refractivity contribution in [1.82, 2.24) is 15.0 Å². The molecule has 0 aliphatic rings. The van der Waals surface area contributed by atoms with Crippen LogP contribution in [0.5, 0.6) is 0 Å². The Morgan fingerprint density at radius 2 is 0.892 bits per heavy atom. The van der Waals surface area contributed by atoms with Crippen LogP contribution in [0.15, 0.2) is 117 Å². The van der Waals surface area contributed by atoms with Gasteiger partial charge in [-0.15, -0.1) is 36.0 Å². The van der Waals surface area contributed by atoms with Crippen LogP contribution < -0.4 is 0 Å². The Kier molecular flexibility index (Phi) is 35.9. The Morgan fingerprint density at radius 1 is 0.554 bits per heavy atom. The van der Waals surface area contributed by atoms with Crippen molar-refractivity contribution in [3.8, 4) is 76.8 Å². The molecule has 5 nitrogen and oxygen atoms in total.